The Morgan fingerprint density at radius 3 is 2.00 bits per heavy atom. The maximum absolute atomic E-state index is 14.7. The largest absolute Gasteiger partial charge is 0.379 e. The van der Waals surface area contributed by atoms with E-state index in [0.29, 0.717) is 44.4 Å². The van der Waals surface area contributed by atoms with Crippen LogP contribution in [0.5, 0.6) is 0 Å². The molecule has 2 saturated heterocycles. The van der Waals surface area contributed by atoms with Crippen LogP contribution in [-0.4, -0.2) is 74.0 Å². The number of nitrogens with zero attached hydrogens (tertiary/aromatic N) is 2. The topological polar surface area (TPSA) is 59.1 Å². The van der Waals surface area contributed by atoms with Gasteiger partial charge in [-0.05, 0) is 48.8 Å². The van der Waals surface area contributed by atoms with Crippen molar-refractivity contribution in [2.75, 3.05) is 52.6 Å². The zero-order chi connectivity index (χ0) is 26.0. The van der Waals surface area contributed by atoms with Gasteiger partial charge in [0, 0.05) is 38.5 Å². The molecule has 3 atom stereocenters. The van der Waals surface area contributed by atoms with Gasteiger partial charge in [-0.15, -0.1) is 0 Å². The van der Waals surface area contributed by atoms with Gasteiger partial charge in [0.15, 0.2) is 11.6 Å². The summed E-state index contributed by atoms with van der Waals surface area (Å²) < 4.78 is 11.3. The van der Waals surface area contributed by atoms with E-state index < -0.39 is 11.1 Å². The lowest BCUT2D eigenvalue weighted by Gasteiger charge is -2.49. The average Bonchev–Trinajstić information content (AvgIpc) is 2.99. The van der Waals surface area contributed by atoms with Gasteiger partial charge in [0.25, 0.3) is 0 Å². The van der Waals surface area contributed by atoms with Gasteiger partial charge in [0.05, 0.1) is 26.4 Å². The molecule has 2 aliphatic carbocycles. The normalized spacial score (nSPS) is 31.8. The Bertz CT molecular complexity index is 1140. The fourth-order valence-corrected chi connectivity index (χ4v) is 7.66. The molecule has 2 aromatic carbocycles. The van der Waals surface area contributed by atoms with Gasteiger partial charge in [0.2, 0.25) is 0 Å². The van der Waals surface area contributed by atoms with Crippen molar-refractivity contribution in [1.29, 1.82) is 0 Å². The molecule has 2 saturated carbocycles. The molecule has 2 aliphatic heterocycles. The summed E-state index contributed by atoms with van der Waals surface area (Å²) in [5.74, 6) is 0.432. The maximum Gasteiger partial charge on any atom is 0.165 e. The highest BCUT2D eigenvalue weighted by Crippen LogP contribution is 2.47. The summed E-state index contributed by atoms with van der Waals surface area (Å²) in [7, 11) is 0. The zero-order valence-corrected chi connectivity index (χ0v) is 22.4. The average molecular weight is 517 g/mol. The van der Waals surface area contributed by atoms with Gasteiger partial charge >= 0.3 is 0 Å². The Balaban J connectivity index is 1.39. The first-order valence-electron chi connectivity index (χ1n) is 14.6. The van der Waals surface area contributed by atoms with E-state index in [0.717, 1.165) is 81.4 Å². The summed E-state index contributed by atoms with van der Waals surface area (Å²) in [6.45, 7) is 5.71. The molecule has 0 spiro atoms. The first kappa shape index (κ1) is 25.9. The van der Waals surface area contributed by atoms with Gasteiger partial charge < -0.3 is 9.47 Å². The standard InChI is InChI=1S/C32H40N2O4/c35-29-13-4-5-14-31(29,33-16-20-37-21-17-33)27-11-6-8-25(24-27)28-12-7-15-32(30(28)36,26-9-2-1-3-10-26)34-18-22-38-23-19-34/h1-3,6,8-11,24,28H,4-5,7,12-23H2/t28?,31-,32+/m1/s1. The fourth-order valence-electron chi connectivity index (χ4n) is 7.66. The van der Waals surface area contributed by atoms with Crippen molar-refractivity contribution in [3.63, 3.8) is 0 Å². The van der Waals surface area contributed by atoms with E-state index >= 15 is 0 Å². The summed E-state index contributed by atoms with van der Waals surface area (Å²) >= 11 is 0. The van der Waals surface area contributed by atoms with Crippen LogP contribution in [0, 0.1) is 0 Å². The third kappa shape index (κ3) is 4.36. The lowest BCUT2D eigenvalue weighted by atomic mass is 9.67. The minimum absolute atomic E-state index is 0.188. The van der Waals surface area contributed by atoms with Crippen LogP contribution in [0.1, 0.15) is 67.6 Å². The zero-order valence-electron chi connectivity index (χ0n) is 22.4. The first-order valence-corrected chi connectivity index (χ1v) is 14.6. The number of hydrogen-bond donors (Lipinski definition) is 0. The van der Waals surface area contributed by atoms with E-state index in [9.17, 15) is 9.59 Å². The third-order valence-corrected chi connectivity index (χ3v) is 9.53. The predicted molar refractivity (Wildman–Crippen MR) is 146 cm³/mol. The molecule has 1 unspecified atom stereocenters. The Morgan fingerprint density at radius 1 is 0.684 bits per heavy atom. The molecule has 4 fully saturated rings. The van der Waals surface area contributed by atoms with Gasteiger partial charge in [-0.25, -0.2) is 0 Å². The minimum Gasteiger partial charge on any atom is -0.379 e. The molecular weight excluding hydrogens is 476 g/mol. The summed E-state index contributed by atoms with van der Waals surface area (Å²) in [4.78, 5) is 33.1. The highest BCUT2D eigenvalue weighted by Gasteiger charge is 2.51. The summed E-state index contributed by atoms with van der Waals surface area (Å²) in [6.07, 6.45) is 6.14. The van der Waals surface area contributed by atoms with E-state index in [4.69, 9.17) is 9.47 Å². The van der Waals surface area contributed by atoms with Crippen molar-refractivity contribution in [1.82, 2.24) is 9.80 Å². The van der Waals surface area contributed by atoms with Crippen molar-refractivity contribution < 1.29 is 19.1 Å². The summed E-state index contributed by atoms with van der Waals surface area (Å²) in [5, 5.41) is 0. The Kier molecular flexibility index (Phi) is 7.50. The second-order valence-electron chi connectivity index (χ2n) is 11.4. The molecule has 0 N–H and O–H groups in total. The van der Waals surface area contributed by atoms with Crippen molar-refractivity contribution in [3.8, 4) is 0 Å². The van der Waals surface area contributed by atoms with E-state index in [2.05, 4.69) is 58.3 Å². The highest BCUT2D eigenvalue weighted by molar-refractivity contribution is 5.96. The molecule has 2 aromatic rings. The maximum atomic E-state index is 14.7. The second kappa shape index (κ2) is 11.0. The lowest BCUT2D eigenvalue weighted by molar-refractivity contribution is -0.141. The minimum atomic E-state index is -0.632. The van der Waals surface area contributed by atoms with E-state index in [-0.39, 0.29) is 5.92 Å². The van der Waals surface area contributed by atoms with E-state index in [1.165, 1.54) is 0 Å². The summed E-state index contributed by atoms with van der Waals surface area (Å²) in [5.41, 5.74) is 1.99. The number of benzene rings is 2. The smallest absolute Gasteiger partial charge is 0.165 e. The van der Waals surface area contributed by atoms with Crippen molar-refractivity contribution >= 4 is 11.6 Å². The monoisotopic (exact) mass is 516 g/mol. The molecule has 6 heteroatoms. The van der Waals surface area contributed by atoms with Gasteiger partial charge in [0.1, 0.15) is 11.1 Å². The Labute approximate surface area is 226 Å². The number of Topliss-reactive ketones (excluding diaryl/α,β-unsaturated/α-hetero) is 2. The molecule has 0 aromatic heterocycles. The molecule has 0 amide bonds. The summed E-state index contributed by atoms with van der Waals surface area (Å²) in [6, 6.07) is 18.9. The number of ether oxygens (including phenoxy) is 2. The van der Waals surface area contributed by atoms with Crippen LogP contribution in [-0.2, 0) is 30.1 Å². The van der Waals surface area contributed by atoms with Gasteiger partial charge in [-0.2, -0.15) is 0 Å². The molecule has 38 heavy (non-hydrogen) atoms. The van der Waals surface area contributed by atoms with Crippen LogP contribution in [0.4, 0.5) is 0 Å². The quantitative estimate of drug-likeness (QED) is 0.586. The Hall–Kier alpha value is -2.38. The molecule has 202 valence electrons. The predicted octanol–water partition coefficient (Wildman–Crippen LogP) is 4.42. The van der Waals surface area contributed by atoms with Crippen molar-refractivity contribution in [2.24, 2.45) is 0 Å². The van der Waals surface area contributed by atoms with Gasteiger partial charge in [-0.3, -0.25) is 19.4 Å². The van der Waals surface area contributed by atoms with Crippen molar-refractivity contribution in [3.05, 3.63) is 71.3 Å². The van der Waals surface area contributed by atoms with Gasteiger partial charge in [-0.1, -0.05) is 61.0 Å². The number of morpholine rings is 2. The fraction of sp³-hybridized carbons (Fsp3) is 0.562. The van der Waals surface area contributed by atoms with Crippen LogP contribution >= 0.6 is 0 Å². The highest BCUT2D eigenvalue weighted by atomic mass is 16.5. The molecular formula is C32H40N2O4. The van der Waals surface area contributed by atoms with Crippen LogP contribution in [0.2, 0.25) is 0 Å². The van der Waals surface area contributed by atoms with Crippen LogP contribution < -0.4 is 0 Å². The van der Waals surface area contributed by atoms with E-state index in [1.807, 2.05) is 6.07 Å². The van der Waals surface area contributed by atoms with E-state index in [1.54, 1.807) is 0 Å². The number of carbonyl (C=O) groups excluding carboxylic acids is 2. The van der Waals surface area contributed by atoms with Crippen molar-refractivity contribution in [2.45, 2.75) is 61.9 Å². The molecule has 6 nitrogen and oxygen atoms in total. The Morgan fingerprint density at radius 2 is 1.32 bits per heavy atom. The molecule has 2 heterocycles. The molecule has 0 bridgehead atoms. The number of rotatable bonds is 5. The number of ketones is 2. The number of carbonyl (C=O) groups is 2. The third-order valence-electron chi connectivity index (χ3n) is 9.53. The van der Waals surface area contributed by atoms with Crippen LogP contribution in [0.25, 0.3) is 0 Å². The molecule has 6 rings (SSSR count). The first-order chi connectivity index (χ1) is 18.7. The number of hydrogen-bond acceptors (Lipinski definition) is 6. The molecule has 4 aliphatic rings. The second-order valence-corrected chi connectivity index (χ2v) is 11.4. The SMILES string of the molecule is O=C1CCCC[C@]1(c1cccc(C2CCC[C@@](c3ccccc3)(N3CCOCC3)C2=O)c1)N1CCOCC1. The van der Waals surface area contributed by atoms with Crippen LogP contribution in [0.3, 0.4) is 0 Å². The molecule has 0 radical (unpaired) electrons. The van der Waals surface area contributed by atoms with Crippen LogP contribution in [0.15, 0.2) is 54.6 Å². The lowest BCUT2D eigenvalue weighted by Crippen LogP contribution is -2.58.